The maximum atomic E-state index is 5.90. The lowest BCUT2D eigenvalue weighted by Gasteiger charge is -2.28. The largest absolute Gasteiger partial charge is 0.358 e. The second-order valence-electron chi connectivity index (χ2n) is 5.74. The average Bonchev–Trinajstić information content (AvgIpc) is 2.74. The first-order valence-electron chi connectivity index (χ1n) is 7.11. The van der Waals surface area contributed by atoms with Gasteiger partial charge in [-0.25, -0.2) is 4.98 Å². The van der Waals surface area contributed by atoms with Gasteiger partial charge in [-0.3, -0.25) is 0 Å². The molecule has 1 unspecified atom stereocenters. The summed E-state index contributed by atoms with van der Waals surface area (Å²) in [6.45, 7) is 6.96. The van der Waals surface area contributed by atoms with Crippen LogP contribution in [0.4, 0.5) is 5.82 Å². The second kappa shape index (κ2) is 5.88. The molecule has 2 heterocycles. The average molecular weight is 262 g/mol. The second-order valence-corrected chi connectivity index (χ2v) is 5.74. The van der Waals surface area contributed by atoms with Crippen LogP contribution in [0.25, 0.3) is 0 Å². The topological polar surface area (TPSA) is 45.4 Å². The number of nitrogens with zero attached hydrogens (tertiary/aromatic N) is 3. The molecule has 1 aliphatic heterocycles. The number of hydrogen-bond donors (Lipinski definition) is 1. The number of nitrogens with two attached hydrogens (primary N) is 1. The molecule has 19 heavy (non-hydrogen) atoms. The van der Waals surface area contributed by atoms with E-state index in [4.69, 9.17) is 10.7 Å². The van der Waals surface area contributed by atoms with Crippen LogP contribution in [0, 0.1) is 13.8 Å². The van der Waals surface area contributed by atoms with Crippen molar-refractivity contribution in [2.45, 2.75) is 39.3 Å². The summed E-state index contributed by atoms with van der Waals surface area (Å²) >= 11 is 0. The van der Waals surface area contributed by atoms with Crippen molar-refractivity contribution >= 4 is 5.82 Å². The number of hydrogen-bond acceptors (Lipinski definition) is 4. The van der Waals surface area contributed by atoms with Crippen LogP contribution in [-0.2, 0) is 6.54 Å². The monoisotopic (exact) mass is 262 g/mol. The van der Waals surface area contributed by atoms with Gasteiger partial charge < -0.3 is 15.5 Å². The molecule has 1 atom stereocenters. The zero-order valence-corrected chi connectivity index (χ0v) is 12.6. The molecule has 1 aliphatic rings. The summed E-state index contributed by atoms with van der Waals surface area (Å²) in [5.74, 6) is 1.06. The molecule has 0 bridgehead atoms. The Kier molecular flexibility index (Phi) is 4.42. The van der Waals surface area contributed by atoms with Crippen LogP contribution in [-0.4, -0.2) is 43.1 Å². The van der Waals surface area contributed by atoms with Gasteiger partial charge in [-0.15, -0.1) is 0 Å². The van der Waals surface area contributed by atoms with Crippen molar-refractivity contribution in [2.75, 3.05) is 32.1 Å². The lowest BCUT2D eigenvalue weighted by Crippen LogP contribution is -2.37. The number of aromatic nitrogens is 1. The summed E-state index contributed by atoms with van der Waals surface area (Å²) < 4.78 is 0. The quantitative estimate of drug-likeness (QED) is 0.897. The van der Waals surface area contributed by atoms with Crippen molar-refractivity contribution in [3.63, 3.8) is 0 Å². The van der Waals surface area contributed by atoms with Crippen LogP contribution in [0.5, 0.6) is 0 Å². The predicted molar refractivity (Wildman–Crippen MR) is 80.5 cm³/mol. The van der Waals surface area contributed by atoms with Crippen molar-refractivity contribution in [1.82, 2.24) is 9.88 Å². The lowest BCUT2D eigenvalue weighted by atomic mass is 10.1. The van der Waals surface area contributed by atoms with E-state index >= 15 is 0 Å². The van der Waals surface area contributed by atoms with Gasteiger partial charge in [-0.2, -0.15) is 0 Å². The van der Waals surface area contributed by atoms with Gasteiger partial charge in [0.05, 0.1) is 0 Å². The van der Waals surface area contributed by atoms with Crippen molar-refractivity contribution in [3.05, 3.63) is 22.9 Å². The number of likely N-dealkylation sites (N-methyl/N-ethyl adjacent to an activating group) is 2. The predicted octanol–water partition coefficient (Wildman–Crippen LogP) is 1.69. The Morgan fingerprint density at radius 3 is 2.79 bits per heavy atom. The van der Waals surface area contributed by atoms with E-state index in [1.807, 2.05) is 6.92 Å². The Labute approximate surface area is 116 Å². The molecule has 4 heteroatoms. The molecule has 0 spiro atoms. The van der Waals surface area contributed by atoms with Gasteiger partial charge in [-0.05, 0) is 51.9 Å². The van der Waals surface area contributed by atoms with E-state index in [1.54, 1.807) is 0 Å². The zero-order valence-electron chi connectivity index (χ0n) is 12.6. The van der Waals surface area contributed by atoms with Crippen molar-refractivity contribution < 1.29 is 0 Å². The van der Waals surface area contributed by atoms with Crippen LogP contribution < -0.4 is 10.6 Å². The molecule has 1 saturated heterocycles. The van der Waals surface area contributed by atoms with Gasteiger partial charge in [0, 0.05) is 37.4 Å². The Balaban J connectivity index is 2.20. The molecule has 106 valence electrons. The third-order valence-corrected chi connectivity index (χ3v) is 4.18. The zero-order chi connectivity index (χ0) is 14.0. The highest BCUT2D eigenvalue weighted by Gasteiger charge is 2.23. The summed E-state index contributed by atoms with van der Waals surface area (Å²) in [5.41, 5.74) is 9.39. The molecule has 0 aromatic carbocycles. The minimum atomic E-state index is 0.555. The molecule has 1 aromatic heterocycles. The van der Waals surface area contributed by atoms with Gasteiger partial charge in [0.25, 0.3) is 0 Å². The fourth-order valence-corrected chi connectivity index (χ4v) is 3.02. The SMILES string of the molecule is Cc1cc(C)c(CN)c(N(C)CC2CCCN2C)n1. The standard InChI is InChI=1S/C15H26N4/c1-11-8-12(2)17-15(14(11)9-16)19(4)10-13-6-5-7-18(13)3/h8,13H,5-7,9-10,16H2,1-4H3. The molecule has 0 radical (unpaired) electrons. The third-order valence-electron chi connectivity index (χ3n) is 4.18. The number of pyridine rings is 1. The molecule has 0 aliphatic carbocycles. The Morgan fingerprint density at radius 1 is 1.47 bits per heavy atom. The van der Waals surface area contributed by atoms with E-state index in [2.05, 4.69) is 36.9 Å². The third kappa shape index (κ3) is 3.07. The summed E-state index contributed by atoms with van der Waals surface area (Å²) in [7, 11) is 4.34. The first-order valence-corrected chi connectivity index (χ1v) is 7.11. The highest BCUT2D eigenvalue weighted by atomic mass is 15.2. The summed E-state index contributed by atoms with van der Waals surface area (Å²) in [4.78, 5) is 9.42. The number of likely N-dealkylation sites (tertiary alicyclic amines) is 1. The minimum absolute atomic E-state index is 0.555. The molecule has 2 rings (SSSR count). The molecule has 1 fully saturated rings. The van der Waals surface area contributed by atoms with Gasteiger partial charge in [0.15, 0.2) is 0 Å². The fraction of sp³-hybridized carbons (Fsp3) is 0.667. The van der Waals surface area contributed by atoms with Crippen molar-refractivity contribution in [2.24, 2.45) is 5.73 Å². The normalized spacial score (nSPS) is 19.9. The maximum Gasteiger partial charge on any atom is 0.133 e. The van der Waals surface area contributed by atoms with Gasteiger partial charge in [0.2, 0.25) is 0 Å². The van der Waals surface area contributed by atoms with Crippen LogP contribution in [0.15, 0.2) is 6.07 Å². The molecule has 0 amide bonds. The van der Waals surface area contributed by atoms with Crippen molar-refractivity contribution in [1.29, 1.82) is 0 Å². The minimum Gasteiger partial charge on any atom is -0.358 e. The summed E-state index contributed by atoms with van der Waals surface area (Å²) in [5, 5.41) is 0. The Bertz CT molecular complexity index is 444. The summed E-state index contributed by atoms with van der Waals surface area (Å²) in [6, 6.07) is 2.75. The Hall–Kier alpha value is -1.13. The lowest BCUT2D eigenvalue weighted by molar-refractivity contribution is 0.314. The van der Waals surface area contributed by atoms with Gasteiger partial charge in [-0.1, -0.05) is 0 Å². The van der Waals surface area contributed by atoms with E-state index in [0.29, 0.717) is 12.6 Å². The smallest absolute Gasteiger partial charge is 0.133 e. The maximum absolute atomic E-state index is 5.90. The van der Waals surface area contributed by atoms with E-state index < -0.39 is 0 Å². The Morgan fingerprint density at radius 2 is 2.21 bits per heavy atom. The van der Waals surface area contributed by atoms with E-state index in [-0.39, 0.29) is 0 Å². The van der Waals surface area contributed by atoms with E-state index in [1.165, 1.54) is 30.5 Å². The first kappa shape index (κ1) is 14.3. The molecular formula is C15H26N4. The van der Waals surface area contributed by atoms with E-state index in [9.17, 15) is 0 Å². The van der Waals surface area contributed by atoms with Gasteiger partial charge >= 0.3 is 0 Å². The van der Waals surface area contributed by atoms with Crippen LogP contribution in [0.3, 0.4) is 0 Å². The van der Waals surface area contributed by atoms with Crippen LogP contribution in [0.2, 0.25) is 0 Å². The molecular weight excluding hydrogens is 236 g/mol. The highest BCUT2D eigenvalue weighted by molar-refractivity contribution is 5.51. The molecule has 4 nitrogen and oxygen atoms in total. The number of anilines is 1. The van der Waals surface area contributed by atoms with Crippen LogP contribution in [0.1, 0.15) is 29.7 Å². The first-order chi connectivity index (χ1) is 9.02. The number of rotatable bonds is 4. The van der Waals surface area contributed by atoms with Crippen LogP contribution >= 0.6 is 0 Å². The van der Waals surface area contributed by atoms with Crippen molar-refractivity contribution in [3.8, 4) is 0 Å². The number of aryl methyl sites for hydroxylation is 2. The summed E-state index contributed by atoms with van der Waals surface area (Å²) in [6.07, 6.45) is 2.59. The fourth-order valence-electron chi connectivity index (χ4n) is 3.02. The van der Waals surface area contributed by atoms with E-state index in [0.717, 1.165) is 18.1 Å². The molecule has 1 aromatic rings. The highest BCUT2D eigenvalue weighted by Crippen LogP contribution is 2.23. The van der Waals surface area contributed by atoms with Gasteiger partial charge in [0.1, 0.15) is 5.82 Å². The molecule has 0 saturated carbocycles. The molecule has 2 N–H and O–H groups in total.